The van der Waals surface area contributed by atoms with Gasteiger partial charge in [-0.15, -0.1) is 10.2 Å². The minimum Gasteiger partial charge on any atom is -0.343 e. The van der Waals surface area contributed by atoms with E-state index in [0.29, 0.717) is 15.7 Å². The van der Waals surface area contributed by atoms with Crippen LogP contribution >= 0.6 is 22.9 Å². The largest absolute Gasteiger partial charge is 0.343 e. The van der Waals surface area contributed by atoms with Crippen LogP contribution in [-0.4, -0.2) is 28.6 Å². The van der Waals surface area contributed by atoms with Crippen molar-refractivity contribution in [1.82, 2.24) is 15.5 Å². The molecule has 2 amide bonds. The fraction of sp³-hybridized carbons (Fsp3) is 0.524. The first kappa shape index (κ1) is 19.0. The number of hydrogen-bond acceptors (Lipinski definition) is 5. The first-order valence-electron chi connectivity index (χ1n) is 10.2. The highest BCUT2D eigenvalue weighted by atomic mass is 35.5. The quantitative estimate of drug-likeness (QED) is 0.750. The number of halogens is 1. The number of hydrogen-bond donors (Lipinski definition) is 2. The van der Waals surface area contributed by atoms with E-state index in [1.165, 1.54) is 49.9 Å². The molecule has 4 saturated carbocycles. The van der Waals surface area contributed by atoms with Gasteiger partial charge in [0.2, 0.25) is 11.0 Å². The third-order valence-corrected chi connectivity index (χ3v) is 7.98. The standard InChI is InChI=1S/C21H23ClN4O2S/c22-16-3-1-2-15(7-16)18(28)23-11-17(27)24-20-26-25-19(29-20)21-8-12-4-13(9-21)6-14(5-12)10-21/h1-3,7,12-14H,4-6,8-11H2,(H,23,28)(H,24,26,27). The molecule has 0 spiro atoms. The molecule has 4 aliphatic carbocycles. The van der Waals surface area contributed by atoms with Crippen LogP contribution in [0.3, 0.4) is 0 Å². The van der Waals surface area contributed by atoms with Crippen LogP contribution in [0.5, 0.6) is 0 Å². The summed E-state index contributed by atoms with van der Waals surface area (Å²) in [6, 6.07) is 6.62. The van der Waals surface area contributed by atoms with Crippen LogP contribution in [0.25, 0.3) is 0 Å². The number of anilines is 1. The Labute approximate surface area is 178 Å². The van der Waals surface area contributed by atoms with E-state index in [-0.39, 0.29) is 23.8 Å². The summed E-state index contributed by atoms with van der Waals surface area (Å²) in [5.41, 5.74) is 0.598. The Kier molecular flexibility index (Phi) is 4.82. The van der Waals surface area contributed by atoms with Gasteiger partial charge in [0.05, 0.1) is 6.54 Å². The van der Waals surface area contributed by atoms with E-state index in [1.54, 1.807) is 24.3 Å². The Bertz CT molecular complexity index is 924. The smallest absolute Gasteiger partial charge is 0.251 e. The summed E-state index contributed by atoms with van der Waals surface area (Å²) in [6.45, 7) is -0.127. The molecular weight excluding hydrogens is 408 g/mol. The van der Waals surface area contributed by atoms with Crippen molar-refractivity contribution in [2.24, 2.45) is 17.8 Å². The van der Waals surface area contributed by atoms with Gasteiger partial charge in [-0.1, -0.05) is 29.0 Å². The van der Waals surface area contributed by atoms with E-state index >= 15 is 0 Å². The Morgan fingerprint density at radius 2 is 1.79 bits per heavy atom. The van der Waals surface area contributed by atoms with Gasteiger partial charge < -0.3 is 5.32 Å². The van der Waals surface area contributed by atoms with Crippen molar-refractivity contribution >= 4 is 39.9 Å². The Morgan fingerprint density at radius 1 is 1.10 bits per heavy atom. The van der Waals surface area contributed by atoms with E-state index in [9.17, 15) is 9.59 Å². The summed E-state index contributed by atoms with van der Waals surface area (Å²) in [6.07, 6.45) is 7.81. The normalized spacial score (nSPS) is 29.6. The molecule has 0 unspecified atom stereocenters. The molecule has 0 aliphatic heterocycles. The molecule has 8 heteroatoms. The molecule has 1 heterocycles. The van der Waals surface area contributed by atoms with Crippen LogP contribution < -0.4 is 10.6 Å². The second-order valence-electron chi connectivity index (χ2n) is 8.85. The monoisotopic (exact) mass is 430 g/mol. The number of rotatable bonds is 5. The van der Waals surface area contributed by atoms with Gasteiger partial charge in [-0.25, -0.2) is 0 Å². The highest BCUT2D eigenvalue weighted by Gasteiger charge is 2.53. The summed E-state index contributed by atoms with van der Waals surface area (Å²) >= 11 is 7.40. The summed E-state index contributed by atoms with van der Waals surface area (Å²) in [4.78, 5) is 24.4. The van der Waals surface area contributed by atoms with E-state index < -0.39 is 0 Å². The van der Waals surface area contributed by atoms with Crippen LogP contribution in [0.15, 0.2) is 24.3 Å². The second-order valence-corrected chi connectivity index (χ2v) is 10.3. The minimum atomic E-state index is -0.339. The van der Waals surface area contributed by atoms with Crippen molar-refractivity contribution in [2.75, 3.05) is 11.9 Å². The lowest BCUT2D eigenvalue weighted by Crippen LogP contribution is -2.48. The van der Waals surface area contributed by atoms with Crippen LogP contribution in [0.4, 0.5) is 5.13 Å². The lowest BCUT2D eigenvalue weighted by atomic mass is 9.50. The number of benzene rings is 1. The van der Waals surface area contributed by atoms with Crippen molar-refractivity contribution in [1.29, 1.82) is 0 Å². The number of carbonyl (C=O) groups excluding carboxylic acids is 2. The molecule has 29 heavy (non-hydrogen) atoms. The van der Waals surface area contributed by atoms with Crippen molar-refractivity contribution < 1.29 is 9.59 Å². The SMILES string of the molecule is O=C(CNC(=O)c1cccc(Cl)c1)Nc1nnc(C23CC4CC(CC(C4)C2)C3)s1. The third kappa shape index (κ3) is 3.78. The highest BCUT2D eigenvalue weighted by Crippen LogP contribution is 2.61. The number of nitrogens with zero attached hydrogens (tertiary/aromatic N) is 2. The molecule has 6 nitrogen and oxygen atoms in total. The molecule has 2 aromatic rings. The van der Waals surface area contributed by atoms with Gasteiger partial charge in [-0.3, -0.25) is 14.9 Å². The second kappa shape index (κ2) is 7.36. The van der Waals surface area contributed by atoms with Gasteiger partial charge >= 0.3 is 0 Å². The van der Waals surface area contributed by atoms with Crippen LogP contribution in [0.1, 0.15) is 53.9 Å². The molecule has 0 saturated heterocycles. The molecule has 1 aromatic heterocycles. The zero-order valence-corrected chi connectivity index (χ0v) is 17.6. The van der Waals surface area contributed by atoms with E-state index in [0.717, 1.165) is 22.8 Å². The van der Waals surface area contributed by atoms with Crippen molar-refractivity contribution in [3.8, 4) is 0 Å². The maximum Gasteiger partial charge on any atom is 0.251 e. The van der Waals surface area contributed by atoms with Crippen LogP contribution in [0.2, 0.25) is 5.02 Å². The minimum absolute atomic E-state index is 0.127. The Morgan fingerprint density at radius 3 is 2.45 bits per heavy atom. The molecule has 1 aromatic carbocycles. The van der Waals surface area contributed by atoms with Gasteiger partial charge in [0.25, 0.3) is 5.91 Å². The van der Waals surface area contributed by atoms with E-state index in [4.69, 9.17) is 11.6 Å². The fourth-order valence-electron chi connectivity index (χ4n) is 5.92. The van der Waals surface area contributed by atoms with Gasteiger partial charge in [0, 0.05) is 16.0 Å². The molecule has 4 aliphatic rings. The maximum atomic E-state index is 12.3. The molecule has 4 fully saturated rings. The third-order valence-electron chi connectivity index (χ3n) is 6.66. The van der Waals surface area contributed by atoms with Gasteiger partial charge in [0.15, 0.2) is 0 Å². The van der Waals surface area contributed by atoms with E-state index in [1.807, 2.05) is 0 Å². The predicted molar refractivity (Wildman–Crippen MR) is 112 cm³/mol. The van der Waals surface area contributed by atoms with Gasteiger partial charge in [-0.2, -0.15) is 0 Å². The molecule has 0 radical (unpaired) electrons. The Balaban J connectivity index is 1.19. The molecule has 0 atom stereocenters. The van der Waals surface area contributed by atoms with E-state index in [2.05, 4.69) is 20.8 Å². The zero-order valence-electron chi connectivity index (χ0n) is 16.0. The number of aromatic nitrogens is 2. The fourth-order valence-corrected chi connectivity index (χ4v) is 7.08. The highest BCUT2D eigenvalue weighted by molar-refractivity contribution is 7.15. The topological polar surface area (TPSA) is 84.0 Å². The lowest BCUT2D eigenvalue weighted by molar-refractivity contribution is -0.115. The number of nitrogens with one attached hydrogen (secondary N) is 2. The first-order valence-corrected chi connectivity index (χ1v) is 11.4. The summed E-state index contributed by atoms with van der Waals surface area (Å²) in [7, 11) is 0. The first-order chi connectivity index (χ1) is 14.0. The van der Waals surface area contributed by atoms with Crippen molar-refractivity contribution in [3.63, 3.8) is 0 Å². The summed E-state index contributed by atoms with van der Waals surface area (Å²) in [5.74, 6) is 1.86. The average molecular weight is 431 g/mol. The Hall–Kier alpha value is -1.99. The molecular formula is C21H23ClN4O2S. The van der Waals surface area contributed by atoms with Gasteiger partial charge in [0.1, 0.15) is 5.01 Å². The van der Waals surface area contributed by atoms with Crippen LogP contribution in [-0.2, 0) is 10.2 Å². The number of amides is 2. The van der Waals surface area contributed by atoms with Gasteiger partial charge in [-0.05, 0) is 74.5 Å². The summed E-state index contributed by atoms with van der Waals surface area (Å²) in [5, 5.41) is 16.1. The predicted octanol–water partition coefficient (Wildman–Crippen LogP) is 4.03. The molecule has 2 N–H and O–H groups in total. The summed E-state index contributed by atoms with van der Waals surface area (Å²) < 4.78 is 0. The number of carbonyl (C=O) groups is 2. The molecule has 6 rings (SSSR count). The van der Waals surface area contributed by atoms with Crippen molar-refractivity contribution in [2.45, 2.75) is 43.9 Å². The molecule has 152 valence electrons. The van der Waals surface area contributed by atoms with Crippen molar-refractivity contribution in [3.05, 3.63) is 39.9 Å². The zero-order chi connectivity index (χ0) is 20.0. The lowest BCUT2D eigenvalue weighted by Gasteiger charge is -2.55. The maximum absolute atomic E-state index is 12.3. The molecule has 4 bridgehead atoms. The average Bonchev–Trinajstić information content (AvgIpc) is 3.14. The van der Waals surface area contributed by atoms with Crippen LogP contribution in [0, 0.1) is 17.8 Å².